The number of aryl methyl sites for hydroxylation is 1. The second kappa shape index (κ2) is 14.8. The lowest BCUT2D eigenvalue weighted by molar-refractivity contribution is 0.332. The fourth-order valence-corrected chi connectivity index (χ4v) is 16.3. The van der Waals surface area contributed by atoms with E-state index in [2.05, 4.69) is 218 Å². The topological polar surface area (TPSA) is 19.6 Å². The van der Waals surface area contributed by atoms with Crippen molar-refractivity contribution >= 4 is 120 Å². The number of furan rings is 1. The first-order chi connectivity index (χ1) is 35.1. The van der Waals surface area contributed by atoms with Crippen molar-refractivity contribution in [1.82, 2.24) is 0 Å². The molecule has 5 heterocycles. The Morgan fingerprint density at radius 1 is 0.466 bits per heavy atom. The number of benzene rings is 8. The van der Waals surface area contributed by atoms with E-state index in [1.165, 1.54) is 133 Å². The van der Waals surface area contributed by atoms with Crippen molar-refractivity contribution < 1.29 is 4.42 Å². The molecule has 0 amide bonds. The fraction of sp³-hybridized carbons (Fsp3) is 0.254. The average Bonchev–Trinajstić information content (AvgIpc) is 4.08. The van der Waals surface area contributed by atoms with Crippen LogP contribution in [0.3, 0.4) is 0 Å². The third kappa shape index (κ3) is 6.11. The van der Waals surface area contributed by atoms with Gasteiger partial charge in [-0.2, -0.15) is 0 Å². The predicted octanol–water partition coefficient (Wildman–Crippen LogP) is 18.5. The maximum atomic E-state index is 7.38. The molecular weight excluding hydrogens is 924 g/mol. The molecule has 3 nitrogen and oxygen atoms in total. The van der Waals surface area contributed by atoms with Crippen molar-refractivity contribution in [3.63, 3.8) is 0 Å². The Hall–Kier alpha value is -6.60. The monoisotopic (exact) mass is 982 g/mol. The Morgan fingerprint density at radius 2 is 1.07 bits per heavy atom. The van der Waals surface area contributed by atoms with Crippen LogP contribution in [0, 0.1) is 6.92 Å². The quantitative estimate of drug-likeness (QED) is 0.165. The number of rotatable bonds is 3. The Bertz CT molecular complexity index is 4190. The van der Waals surface area contributed by atoms with Crippen LogP contribution in [-0.4, -0.2) is 6.85 Å². The third-order valence-corrected chi connectivity index (χ3v) is 20.6. The molecule has 358 valence electrons. The first kappa shape index (κ1) is 43.9. The molecule has 0 saturated carbocycles. The lowest BCUT2D eigenvalue weighted by atomic mass is 9.46. The summed E-state index contributed by atoms with van der Waals surface area (Å²) in [5.74, 6) is 0. The molecule has 8 aromatic carbocycles. The summed E-state index contributed by atoms with van der Waals surface area (Å²) in [7, 11) is 0. The molecule has 4 aliphatic rings. The van der Waals surface area contributed by atoms with Gasteiger partial charge in [-0.05, 0) is 171 Å². The van der Waals surface area contributed by atoms with E-state index in [0.29, 0.717) is 0 Å². The molecule has 0 atom stereocenters. The number of nitrogens with zero attached hydrogens (tertiary/aromatic N) is 2. The lowest BCUT2D eigenvalue weighted by Crippen LogP contribution is -2.60. The van der Waals surface area contributed by atoms with E-state index in [1.54, 1.807) is 0 Å². The van der Waals surface area contributed by atoms with Crippen LogP contribution < -0.4 is 20.0 Å². The summed E-state index contributed by atoms with van der Waals surface area (Å²) in [5.41, 5.74) is 21.8. The Labute approximate surface area is 437 Å². The van der Waals surface area contributed by atoms with Gasteiger partial charge < -0.3 is 14.1 Å². The molecule has 0 fully saturated rings. The smallest absolute Gasteiger partial charge is 0.343 e. The SMILES string of the molecule is Cc1cc2c(cc1N1c3c(sc4ccc(-c5ccccc5)cc34)B3c4c(cc5c(oc6ccccc65)c41)-c1cc4c(cc1N3c1ccccc1)sc1cc3c(cc14)C(C)(C)CCC3(C)C)C(C)(C)CCC2(C)C. The predicted molar refractivity (Wildman–Crippen MR) is 316 cm³/mol. The molecule has 0 spiro atoms. The normalized spacial score (nSPS) is 17.8. The van der Waals surface area contributed by atoms with Gasteiger partial charge >= 0.3 is 6.85 Å². The molecular formula is C67H59BN2OS2. The van der Waals surface area contributed by atoms with Crippen LogP contribution in [0.4, 0.5) is 28.4 Å². The zero-order valence-electron chi connectivity index (χ0n) is 43.4. The molecule has 6 heteroatoms. The Balaban J connectivity index is 1.11. The summed E-state index contributed by atoms with van der Waals surface area (Å²) in [5, 5.41) is 6.30. The molecule has 0 radical (unpaired) electrons. The van der Waals surface area contributed by atoms with Crippen molar-refractivity contribution in [2.45, 2.75) is 110 Å². The lowest BCUT2D eigenvalue weighted by Gasteiger charge is -2.46. The largest absolute Gasteiger partial charge is 0.454 e. The molecule has 2 aliphatic heterocycles. The van der Waals surface area contributed by atoms with Crippen LogP contribution >= 0.6 is 22.7 Å². The second-order valence-electron chi connectivity index (χ2n) is 24.6. The minimum absolute atomic E-state index is 0.0123. The summed E-state index contributed by atoms with van der Waals surface area (Å²) >= 11 is 3.94. The van der Waals surface area contributed by atoms with Crippen LogP contribution in [0.2, 0.25) is 0 Å². The number of anilines is 5. The summed E-state index contributed by atoms with van der Waals surface area (Å²) in [6.45, 7) is 21.9. The maximum Gasteiger partial charge on any atom is 0.343 e. The van der Waals surface area contributed by atoms with Gasteiger partial charge in [0.15, 0.2) is 5.58 Å². The molecule has 15 rings (SSSR count). The molecule has 0 N–H and O–H groups in total. The van der Waals surface area contributed by atoms with Crippen molar-refractivity contribution in [2.75, 3.05) is 9.71 Å². The van der Waals surface area contributed by atoms with Gasteiger partial charge in [0, 0.05) is 68.4 Å². The molecule has 73 heavy (non-hydrogen) atoms. The number of hydrogen-bond donors (Lipinski definition) is 0. The van der Waals surface area contributed by atoms with Gasteiger partial charge in [-0.25, -0.2) is 0 Å². The summed E-state index contributed by atoms with van der Waals surface area (Å²) in [6, 6.07) is 56.0. The zero-order chi connectivity index (χ0) is 49.7. The highest BCUT2D eigenvalue weighted by atomic mass is 32.1. The zero-order valence-corrected chi connectivity index (χ0v) is 45.0. The highest BCUT2D eigenvalue weighted by Crippen LogP contribution is 2.57. The van der Waals surface area contributed by atoms with Crippen LogP contribution in [0.25, 0.3) is 74.5 Å². The first-order valence-corrected chi connectivity index (χ1v) is 28.2. The molecule has 0 unspecified atom stereocenters. The van der Waals surface area contributed by atoms with E-state index in [1.807, 2.05) is 22.7 Å². The van der Waals surface area contributed by atoms with E-state index in [-0.39, 0.29) is 28.5 Å². The van der Waals surface area contributed by atoms with Crippen LogP contribution in [0.1, 0.15) is 109 Å². The van der Waals surface area contributed by atoms with Crippen molar-refractivity contribution in [1.29, 1.82) is 0 Å². The molecule has 3 aromatic heterocycles. The third-order valence-electron chi connectivity index (χ3n) is 18.3. The molecule has 11 aromatic rings. The van der Waals surface area contributed by atoms with Crippen molar-refractivity contribution in [3.8, 4) is 22.3 Å². The maximum absolute atomic E-state index is 7.38. The van der Waals surface area contributed by atoms with Gasteiger partial charge in [0.05, 0.1) is 11.4 Å². The van der Waals surface area contributed by atoms with E-state index < -0.39 is 0 Å². The van der Waals surface area contributed by atoms with E-state index in [0.717, 1.165) is 34.0 Å². The minimum Gasteiger partial charge on any atom is -0.454 e. The van der Waals surface area contributed by atoms with Gasteiger partial charge in [-0.15, -0.1) is 22.7 Å². The van der Waals surface area contributed by atoms with Crippen LogP contribution in [0.5, 0.6) is 0 Å². The summed E-state index contributed by atoms with van der Waals surface area (Å²) < 4.78 is 12.7. The van der Waals surface area contributed by atoms with Gasteiger partial charge in [0.2, 0.25) is 0 Å². The van der Waals surface area contributed by atoms with Crippen LogP contribution in [0.15, 0.2) is 150 Å². The standard InChI is InChI=1S/C67H59BN2OS2/c1-38-30-49-51(66(6,7)28-26-64(49,2)3)35-53(38)69-60-48-31-40(39-18-12-10-13-19-39)24-25-56(48)73-63(60)68-59-46(33-47-42-22-16-17-23-55(42)71-62(47)61(59)69)43-32-44-45-34-50-52(67(8,9)29-27-65(50,4)5)36-57(45)72-58(44)37-54(43)70(68)41-20-14-11-15-21-41/h10-25,30-37H,26-29H2,1-9H3. The summed E-state index contributed by atoms with van der Waals surface area (Å²) in [6.07, 6.45) is 4.71. The fourth-order valence-electron chi connectivity index (χ4n) is 13.9. The highest BCUT2D eigenvalue weighted by molar-refractivity contribution is 7.32. The van der Waals surface area contributed by atoms with E-state index in [9.17, 15) is 0 Å². The van der Waals surface area contributed by atoms with Gasteiger partial charge in [0.1, 0.15) is 5.58 Å². The van der Waals surface area contributed by atoms with Crippen molar-refractivity contribution in [3.05, 3.63) is 173 Å². The summed E-state index contributed by atoms with van der Waals surface area (Å²) in [4.78, 5) is 5.39. The number of thiophene rings is 2. The van der Waals surface area contributed by atoms with Crippen LogP contribution in [-0.2, 0) is 21.7 Å². The Kier molecular flexibility index (Phi) is 8.91. The first-order valence-electron chi connectivity index (χ1n) is 26.5. The Morgan fingerprint density at radius 3 is 1.79 bits per heavy atom. The minimum atomic E-state index is -0.143. The van der Waals surface area contributed by atoms with Gasteiger partial charge in [-0.3, -0.25) is 0 Å². The van der Waals surface area contributed by atoms with Gasteiger partial charge in [0.25, 0.3) is 0 Å². The number of fused-ring (bicyclic) bond motifs is 15. The highest BCUT2D eigenvalue weighted by Gasteiger charge is 2.50. The van der Waals surface area contributed by atoms with E-state index in [4.69, 9.17) is 4.42 Å². The number of para-hydroxylation sites is 2. The van der Waals surface area contributed by atoms with Gasteiger partial charge in [-0.1, -0.05) is 134 Å². The molecule has 2 aliphatic carbocycles. The second-order valence-corrected chi connectivity index (χ2v) is 26.7. The average molecular weight is 983 g/mol. The van der Waals surface area contributed by atoms with E-state index >= 15 is 0 Å². The number of hydrogen-bond acceptors (Lipinski definition) is 5. The van der Waals surface area contributed by atoms with Crippen molar-refractivity contribution in [2.24, 2.45) is 0 Å². The molecule has 0 saturated heterocycles. The molecule has 0 bridgehead atoms.